The minimum Gasteiger partial charge on any atom is -0.370 e. The number of benzene rings is 1. The number of fused-ring (bicyclic) bond motifs is 1. The van der Waals surface area contributed by atoms with Crippen molar-refractivity contribution in [2.45, 2.75) is 13.3 Å². The van der Waals surface area contributed by atoms with Crippen LogP contribution in [0.5, 0.6) is 0 Å². The van der Waals surface area contributed by atoms with Crippen LogP contribution >= 0.6 is 34.2 Å². The van der Waals surface area contributed by atoms with Crippen LogP contribution in [0.4, 0.5) is 5.82 Å². The lowest BCUT2D eigenvalue weighted by molar-refractivity contribution is 0.971. The summed E-state index contributed by atoms with van der Waals surface area (Å²) in [5.41, 5.74) is 1.01. The molecule has 16 heavy (non-hydrogen) atoms. The minimum atomic E-state index is 0.757. The molecule has 1 N–H and O–H groups in total. The van der Waals surface area contributed by atoms with Gasteiger partial charge in [-0.25, -0.2) is 4.98 Å². The van der Waals surface area contributed by atoms with Gasteiger partial charge in [-0.2, -0.15) is 0 Å². The number of anilines is 1. The van der Waals surface area contributed by atoms with Gasteiger partial charge in [0.15, 0.2) is 0 Å². The molecule has 1 heterocycles. The number of halogens is 2. The van der Waals surface area contributed by atoms with Gasteiger partial charge in [-0.05, 0) is 53.3 Å². The van der Waals surface area contributed by atoms with E-state index in [0.717, 1.165) is 38.3 Å². The zero-order valence-corrected chi connectivity index (χ0v) is 11.8. The Morgan fingerprint density at radius 2 is 2.19 bits per heavy atom. The van der Waals surface area contributed by atoms with Gasteiger partial charge in [-0.3, -0.25) is 0 Å². The van der Waals surface area contributed by atoms with E-state index in [9.17, 15) is 0 Å². The Hall–Kier alpha value is -0.550. The Kier molecular flexibility index (Phi) is 3.86. The molecule has 0 atom stereocenters. The van der Waals surface area contributed by atoms with E-state index < -0.39 is 0 Å². The van der Waals surface area contributed by atoms with Crippen LogP contribution in [0.25, 0.3) is 10.9 Å². The molecular formula is C12H12ClIN2. The minimum absolute atomic E-state index is 0.757. The molecule has 1 aromatic carbocycles. The fourth-order valence-corrected chi connectivity index (χ4v) is 2.69. The fraction of sp³-hybridized carbons (Fsp3) is 0.250. The average Bonchev–Trinajstić information content (AvgIpc) is 2.26. The maximum atomic E-state index is 6.00. The second-order valence-corrected chi connectivity index (χ2v) is 5.18. The highest BCUT2D eigenvalue weighted by Gasteiger charge is 2.03. The van der Waals surface area contributed by atoms with Gasteiger partial charge in [-0.15, -0.1) is 0 Å². The van der Waals surface area contributed by atoms with E-state index in [1.807, 2.05) is 24.3 Å². The molecule has 4 heteroatoms. The molecule has 0 radical (unpaired) electrons. The lowest BCUT2D eigenvalue weighted by Gasteiger charge is -2.06. The third-order valence-corrected chi connectivity index (χ3v) is 3.31. The van der Waals surface area contributed by atoms with Gasteiger partial charge in [0.05, 0.1) is 5.52 Å². The predicted molar refractivity (Wildman–Crippen MR) is 78.3 cm³/mol. The summed E-state index contributed by atoms with van der Waals surface area (Å²) in [7, 11) is 0. The molecule has 0 aliphatic heterocycles. The first-order chi connectivity index (χ1) is 7.70. The van der Waals surface area contributed by atoms with Gasteiger partial charge in [0.1, 0.15) is 5.82 Å². The van der Waals surface area contributed by atoms with Crippen LogP contribution in [0.1, 0.15) is 13.3 Å². The topological polar surface area (TPSA) is 24.9 Å². The zero-order chi connectivity index (χ0) is 11.5. The van der Waals surface area contributed by atoms with Crippen LogP contribution in [0, 0.1) is 3.57 Å². The summed E-state index contributed by atoms with van der Waals surface area (Å²) >= 11 is 8.26. The van der Waals surface area contributed by atoms with Crippen molar-refractivity contribution in [2.24, 2.45) is 0 Å². The van der Waals surface area contributed by atoms with Crippen LogP contribution in [0.15, 0.2) is 24.3 Å². The van der Waals surface area contributed by atoms with Crippen molar-refractivity contribution in [3.63, 3.8) is 0 Å². The standard InChI is InChI=1S/C12H12ClIN2/c1-2-5-15-11-4-3-8-6-9(13)7-10(14)12(8)16-11/h3-4,6-7H,2,5H2,1H3,(H,15,16). The summed E-state index contributed by atoms with van der Waals surface area (Å²) in [5.74, 6) is 0.926. The zero-order valence-electron chi connectivity index (χ0n) is 8.93. The molecular weight excluding hydrogens is 335 g/mol. The average molecular weight is 347 g/mol. The third kappa shape index (κ3) is 2.58. The van der Waals surface area contributed by atoms with E-state index in [2.05, 4.69) is 39.8 Å². The van der Waals surface area contributed by atoms with E-state index in [1.165, 1.54) is 0 Å². The largest absolute Gasteiger partial charge is 0.370 e. The van der Waals surface area contributed by atoms with Crippen molar-refractivity contribution in [2.75, 3.05) is 11.9 Å². The van der Waals surface area contributed by atoms with Crippen LogP contribution in [0.2, 0.25) is 5.02 Å². The highest BCUT2D eigenvalue weighted by atomic mass is 127. The number of rotatable bonds is 3. The molecule has 0 spiro atoms. The molecule has 0 unspecified atom stereocenters. The smallest absolute Gasteiger partial charge is 0.126 e. The summed E-state index contributed by atoms with van der Waals surface area (Å²) in [6.45, 7) is 3.08. The van der Waals surface area contributed by atoms with Crippen molar-refractivity contribution < 1.29 is 0 Å². The normalized spacial score (nSPS) is 10.7. The van der Waals surface area contributed by atoms with Crippen LogP contribution in [0.3, 0.4) is 0 Å². The summed E-state index contributed by atoms with van der Waals surface area (Å²) < 4.78 is 1.08. The second-order valence-electron chi connectivity index (χ2n) is 3.58. The molecule has 0 saturated carbocycles. The Morgan fingerprint density at radius 3 is 2.94 bits per heavy atom. The number of hydrogen-bond acceptors (Lipinski definition) is 2. The van der Waals surface area contributed by atoms with E-state index in [1.54, 1.807) is 0 Å². The molecule has 84 valence electrons. The SMILES string of the molecule is CCCNc1ccc2cc(Cl)cc(I)c2n1. The second kappa shape index (κ2) is 5.19. The maximum absolute atomic E-state index is 6.00. The Bertz CT molecular complexity index is 514. The lowest BCUT2D eigenvalue weighted by atomic mass is 10.2. The molecule has 0 fully saturated rings. The number of hydrogen-bond donors (Lipinski definition) is 1. The van der Waals surface area contributed by atoms with Gasteiger partial charge >= 0.3 is 0 Å². The molecule has 1 aromatic heterocycles. The Morgan fingerprint density at radius 1 is 1.38 bits per heavy atom. The molecule has 0 saturated heterocycles. The first-order valence-corrected chi connectivity index (χ1v) is 6.66. The molecule has 2 aromatic rings. The van der Waals surface area contributed by atoms with E-state index >= 15 is 0 Å². The first-order valence-electron chi connectivity index (χ1n) is 5.20. The van der Waals surface area contributed by atoms with Crippen molar-refractivity contribution in [3.8, 4) is 0 Å². The highest BCUT2D eigenvalue weighted by Crippen LogP contribution is 2.25. The van der Waals surface area contributed by atoms with Crippen LogP contribution in [-0.4, -0.2) is 11.5 Å². The van der Waals surface area contributed by atoms with Gasteiger partial charge in [-0.1, -0.05) is 18.5 Å². The molecule has 0 aliphatic carbocycles. The third-order valence-electron chi connectivity index (χ3n) is 2.27. The summed E-state index contributed by atoms with van der Waals surface area (Å²) in [4.78, 5) is 4.58. The fourth-order valence-electron chi connectivity index (χ4n) is 1.51. The monoisotopic (exact) mass is 346 g/mol. The van der Waals surface area contributed by atoms with Crippen molar-refractivity contribution >= 4 is 50.9 Å². The maximum Gasteiger partial charge on any atom is 0.126 e. The van der Waals surface area contributed by atoms with Crippen molar-refractivity contribution in [1.82, 2.24) is 4.98 Å². The van der Waals surface area contributed by atoms with Gasteiger partial charge in [0.2, 0.25) is 0 Å². The van der Waals surface area contributed by atoms with E-state index in [0.29, 0.717) is 0 Å². The van der Waals surface area contributed by atoms with Crippen molar-refractivity contribution in [1.29, 1.82) is 0 Å². The van der Waals surface area contributed by atoms with Crippen LogP contribution in [-0.2, 0) is 0 Å². The summed E-state index contributed by atoms with van der Waals surface area (Å²) in [5, 5.41) is 5.12. The van der Waals surface area contributed by atoms with Gasteiger partial charge < -0.3 is 5.32 Å². The summed E-state index contributed by atoms with van der Waals surface area (Å²) in [6, 6.07) is 7.91. The number of nitrogens with one attached hydrogen (secondary N) is 1. The molecule has 0 amide bonds. The van der Waals surface area contributed by atoms with Gasteiger partial charge in [0.25, 0.3) is 0 Å². The lowest BCUT2D eigenvalue weighted by Crippen LogP contribution is -2.01. The van der Waals surface area contributed by atoms with Crippen LogP contribution < -0.4 is 5.32 Å². The quantitative estimate of drug-likeness (QED) is 0.838. The van der Waals surface area contributed by atoms with E-state index in [4.69, 9.17) is 11.6 Å². The highest BCUT2D eigenvalue weighted by molar-refractivity contribution is 14.1. The molecule has 0 aliphatic rings. The summed E-state index contributed by atoms with van der Waals surface area (Å²) in [6.07, 6.45) is 1.09. The van der Waals surface area contributed by atoms with E-state index in [-0.39, 0.29) is 0 Å². The Balaban J connectivity index is 2.45. The van der Waals surface area contributed by atoms with Crippen molar-refractivity contribution in [3.05, 3.63) is 32.9 Å². The number of nitrogens with zero attached hydrogens (tertiary/aromatic N) is 1. The first kappa shape index (κ1) is 11.9. The predicted octanol–water partition coefficient (Wildman–Crippen LogP) is 4.31. The molecule has 0 bridgehead atoms. The molecule has 2 nitrogen and oxygen atoms in total. The van der Waals surface area contributed by atoms with Gasteiger partial charge in [0, 0.05) is 20.5 Å². The number of pyridine rings is 1. The Labute approximate surface area is 114 Å². The number of aromatic nitrogens is 1. The molecule has 2 rings (SSSR count).